The molecule has 4 heteroatoms. The van der Waals surface area contributed by atoms with Gasteiger partial charge >= 0.3 is 0 Å². The Morgan fingerprint density at radius 1 is 1.44 bits per heavy atom. The van der Waals surface area contributed by atoms with Crippen LogP contribution in [0.15, 0.2) is 12.5 Å². The highest BCUT2D eigenvalue weighted by molar-refractivity contribution is 4.97. The molecule has 92 valence electrons. The van der Waals surface area contributed by atoms with E-state index in [4.69, 9.17) is 0 Å². The number of hydrogen-bond acceptors (Lipinski definition) is 3. The molecule has 0 aromatic carbocycles. The van der Waals surface area contributed by atoms with E-state index in [-0.39, 0.29) is 0 Å². The largest absolute Gasteiger partial charge is 0.337 e. The molecule has 0 radical (unpaired) electrons. The van der Waals surface area contributed by atoms with Crippen molar-refractivity contribution in [1.82, 2.24) is 19.8 Å². The Labute approximate surface area is 98.7 Å². The van der Waals surface area contributed by atoms with Gasteiger partial charge in [-0.1, -0.05) is 6.92 Å². The van der Waals surface area contributed by atoms with Crippen molar-refractivity contribution in [3.63, 3.8) is 0 Å². The fourth-order valence-electron chi connectivity index (χ4n) is 1.62. The summed E-state index contributed by atoms with van der Waals surface area (Å²) in [6, 6.07) is 0. The number of rotatable bonds is 8. The molecule has 0 saturated carbocycles. The van der Waals surface area contributed by atoms with Crippen LogP contribution in [0.3, 0.4) is 0 Å². The summed E-state index contributed by atoms with van der Waals surface area (Å²) in [5, 5.41) is 3.31. The Kier molecular flexibility index (Phi) is 6.11. The normalized spacial score (nSPS) is 11.2. The first-order valence-electron chi connectivity index (χ1n) is 6.08. The molecular formula is C12H24N4. The molecule has 0 aliphatic heterocycles. The molecule has 1 aromatic rings. The fourth-order valence-corrected chi connectivity index (χ4v) is 1.62. The molecule has 1 aromatic heterocycles. The van der Waals surface area contributed by atoms with Crippen molar-refractivity contribution in [1.29, 1.82) is 0 Å². The molecule has 0 unspecified atom stereocenters. The Balaban J connectivity index is 2.22. The van der Waals surface area contributed by atoms with Gasteiger partial charge in [-0.15, -0.1) is 0 Å². The van der Waals surface area contributed by atoms with E-state index in [1.54, 1.807) is 0 Å². The number of likely N-dealkylation sites (N-methyl/N-ethyl adjacent to an activating group) is 1. The van der Waals surface area contributed by atoms with Crippen LogP contribution in [-0.4, -0.2) is 48.2 Å². The van der Waals surface area contributed by atoms with E-state index in [9.17, 15) is 0 Å². The number of aromatic nitrogens is 2. The monoisotopic (exact) mass is 224 g/mol. The minimum Gasteiger partial charge on any atom is -0.337 e. The van der Waals surface area contributed by atoms with E-state index in [2.05, 4.69) is 47.0 Å². The minimum absolute atomic E-state index is 1.02. The van der Waals surface area contributed by atoms with Crippen molar-refractivity contribution < 1.29 is 0 Å². The zero-order chi connectivity index (χ0) is 11.8. The molecular weight excluding hydrogens is 200 g/mol. The average molecular weight is 224 g/mol. The second-order valence-corrected chi connectivity index (χ2v) is 4.36. The number of nitrogens with zero attached hydrogens (tertiary/aromatic N) is 3. The third-order valence-corrected chi connectivity index (χ3v) is 2.52. The summed E-state index contributed by atoms with van der Waals surface area (Å²) < 4.78 is 2.19. The fraction of sp³-hybridized carbons (Fsp3) is 0.750. The minimum atomic E-state index is 1.02. The standard InChI is InChI=1S/C12H24N4/c1-4-13-7-6-12-10-16(11-14-12)9-5-8-15(2)3/h10-11,13H,4-9H2,1-3H3. The highest BCUT2D eigenvalue weighted by Crippen LogP contribution is 1.98. The summed E-state index contributed by atoms with van der Waals surface area (Å²) in [5.41, 5.74) is 1.19. The Morgan fingerprint density at radius 3 is 2.94 bits per heavy atom. The van der Waals surface area contributed by atoms with Crippen molar-refractivity contribution in [3.05, 3.63) is 18.2 Å². The van der Waals surface area contributed by atoms with E-state index >= 15 is 0 Å². The predicted molar refractivity (Wildman–Crippen MR) is 67.6 cm³/mol. The van der Waals surface area contributed by atoms with Gasteiger partial charge in [-0.2, -0.15) is 0 Å². The number of hydrogen-bond donors (Lipinski definition) is 1. The SMILES string of the molecule is CCNCCc1cn(CCCN(C)C)cn1. The molecule has 1 heterocycles. The first kappa shape index (κ1) is 13.2. The van der Waals surface area contributed by atoms with E-state index < -0.39 is 0 Å². The molecule has 0 atom stereocenters. The van der Waals surface area contributed by atoms with Gasteiger partial charge in [0.2, 0.25) is 0 Å². The topological polar surface area (TPSA) is 33.1 Å². The van der Waals surface area contributed by atoms with E-state index in [1.165, 1.54) is 12.1 Å². The summed E-state index contributed by atoms with van der Waals surface area (Å²) in [5.74, 6) is 0. The third kappa shape index (κ3) is 5.28. The van der Waals surface area contributed by atoms with Gasteiger partial charge in [0.1, 0.15) is 0 Å². The van der Waals surface area contributed by atoms with Crippen LogP contribution in [0.4, 0.5) is 0 Å². The summed E-state index contributed by atoms with van der Waals surface area (Å²) in [6.07, 6.45) is 6.30. The van der Waals surface area contributed by atoms with Gasteiger partial charge in [-0.3, -0.25) is 0 Å². The number of aryl methyl sites for hydroxylation is 1. The summed E-state index contributed by atoms with van der Waals surface area (Å²) in [7, 11) is 4.21. The Bertz CT molecular complexity index is 280. The van der Waals surface area contributed by atoms with Gasteiger partial charge in [0.25, 0.3) is 0 Å². The van der Waals surface area contributed by atoms with E-state index in [1.807, 2.05) is 6.33 Å². The van der Waals surface area contributed by atoms with Crippen LogP contribution in [-0.2, 0) is 13.0 Å². The van der Waals surface area contributed by atoms with Crippen LogP contribution >= 0.6 is 0 Å². The quantitative estimate of drug-likeness (QED) is 0.668. The lowest BCUT2D eigenvalue weighted by atomic mass is 10.3. The molecule has 4 nitrogen and oxygen atoms in total. The highest BCUT2D eigenvalue weighted by atomic mass is 15.1. The summed E-state index contributed by atoms with van der Waals surface area (Å²) in [6.45, 7) is 6.37. The molecule has 0 aliphatic carbocycles. The molecule has 0 bridgehead atoms. The maximum Gasteiger partial charge on any atom is 0.0949 e. The molecule has 0 aliphatic rings. The van der Waals surface area contributed by atoms with Crippen LogP contribution in [0.5, 0.6) is 0 Å². The lowest BCUT2D eigenvalue weighted by Crippen LogP contribution is -2.16. The van der Waals surface area contributed by atoms with Crippen molar-refractivity contribution in [2.75, 3.05) is 33.7 Å². The van der Waals surface area contributed by atoms with Gasteiger partial charge in [0.05, 0.1) is 12.0 Å². The molecule has 1 N–H and O–H groups in total. The van der Waals surface area contributed by atoms with E-state index in [0.29, 0.717) is 0 Å². The smallest absolute Gasteiger partial charge is 0.0949 e. The molecule has 0 spiro atoms. The summed E-state index contributed by atoms with van der Waals surface area (Å²) in [4.78, 5) is 6.61. The lowest BCUT2D eigenvalue weighted by molar-refractivity contribution is 0.386. The second kappa shape index (κ2) is 7.41. The highest BCUT2D eigenvalue weighted by Gasteiger charge is 1.98. The van der Waals surface area contributed by atoms with Gasteiger partial charge in [-0.25, -0.2) is 4.98 Å². The first-order valence-corrected chi connectivity index (χ1v) is 6.08. The number of imidazole rings is 1. The first-order chi connectivity index (χ1) is 7.72. The van der Waals surface area contributed by atoms with Crippen LogP contribution in [0.1, 0.15) is 19.0 Å². The van der Waals surface area contributed by atoms with Crippen molar-refractivity contribution in [2.45, 2.75) is 26.3 Å². The zero-order valence-corrected chi connectivity index (χ0v) is 10.7. The van der Waals surface area contributed by atoms with Crippen LogP contribution in [0.2, 0.25) is 0 Å². The molecule has 0 amide bonds. The van der Waals surface area contributed by atoms with E-state index in [0.717, 1.165) is 32.6 Å². The molecule has 0 fully saturated rings. The van der Waals surface area contributed by atoms with Gasteiger partial charge in [-0.05, 0) is 33.6 Å². The number of nitrogens with one attached hydrogen (secondary N) is 1. The molecule has 16 heavy (non-hydrogen) atoms. The molecule has 1 rings (SSSR count). The maximum atomic E-state index is 4.40. The van der Waals surface area contributed by atoms with Gasteiger partial charge in [0.15, 0.2) is 0 Å². The maximum absolute atomic E-state index is 4.40. The van der Waals surface area contributed by atoms with Crippen LogP contribution in [0, 0.1) is 0 Å². The lowest BCUT2D eigenvalue weighted by Gasteiger charge is -2.08. The Hall–Kier alpha value is -0.870. The van der Waals surface area contributed by atoms with Crippen LogP contribution < -0.4 is 5.32 Å². The second-order valence-electron chi connectivity index (χ2n) is 4.36. The average Bonchev–Trinajstić information content (AvgIpc) is 2.66. The predicted octanol–water partition coefficient (Wildman–Crippen LogP) is 0.987. The van der Waals surface area contributed by atoms with Gasteiger partial charge in [0, 0.05) is 25.7 Å². The Morgan fingerprint density at radius 2 is 2.25 bits per heavy atom. The zero-order valence-electron chi connectivity index (χ0n) is 10.7. The van der Waals surface area contributed by atoms with Crippen molar-refractivity contribution in [3.8, 4) is 0 Å². The summed E-state index contributed by atoms with van der Waals surface area (Å²) >= 11 is 0. The van der Waals surface area contributed by atoms with Gasteiger partial charge < -0.3 is 14.8 Å². The van der Waals surface area contributed by atoms with Crippen LogP contribution in [0.25, 0.3) is 0 Å². The van der Waals surface area contributed by atoms with Crippen molar-refractivity contribution >= 4 is 0 Å². The third-order valence-electron chi connectivity index (χ3n) is 2.52. The molecule has 0 saturated heterocycles. The van der Waals surface area contributed by atoms with Crippen molar-refractivity contribution in [2.24, 2.45) is 0 Å².